The molecule has 0 amide bonds. The molecule has 0 bridgehead atoms. The van der Waals surface area contributed by atoms with E-state index in [9.17, 15) is 13.2 Å². The maximum Gasteiger partial charge on any atom is 0.261 e. The molecule has 0 heterocycles. The standard InChI is InChI=1S/C15H11Cl2NO3S/c16-12-4-6-13(7-5-12)18-22(20,21)14-8-1-11(2-9-14)3-10-15(17)19/h1-10,18H. The highest BCUT2D eigenvalue weighted by Crippen LogP contribution is 2.19. The minimum Gasteiger partial charge on any atom is -0.280 e. The lowest BCUT2D eigenvalue weighted by Crippen LogP contribution is -2.12. The topological polar surface area (TPSA) is 63.2 Å². The van der Waals surface area contributed by atoms with E-state index in [0.717, 1.165) is 0 Å². The Morgan fingerprint density at radius 2 is 1.59 bits per heavy atom. The number of anilines is 1. The Kier molecular flexibility index (Phi) is 5.24. The van der Waals surface area contributed by atoms with E-state index in [2.05, 4.69) is 4.72 Å². The summed E-state index contributed by atoms with van der Waals surface area (Å²) in [5.74, 6) is 0. The first kappa shape index (κ1) is 16.5. The molecule has 0 aliphatic heterocycles. The van der Waals surface area contributed by atoms with Gasteiger partial charge in [0.2, 0.25) is 5.24 Å². The Hall–Kier alpha value is -1.82. The van der Waals surface area contributed by atoms with Gasteiger partial charge in [0.15, 0.2) is 0 Å². The van der Waals surface area contributed by atoms with E-state index >= 15 is 0 Å². The van der Waals surface area contributed by atoms with Crippen molar-refractivity contribution in [1.29, 1.82) is 0 Å². The third-order valence-electron chi connectivity index (χ3n) is 2.69. The van der Waals surface area contributed by atoms with Gasteiger partial charge in [0.1, 0.15) is 0 Å². The molecule has 4 nitrogen and oxygen atoms in total. The fourth-order valence-corrected chi connectivity index (χ4v) is 2.90. The zero-order chi connectivity index (χ0) is 16.2. The van der Waals surface area contributed by atoms with E-state index in [1.807, 2.05) is 0 Å². The summed E-state index contributed by atoms with van der Waals surface area (Å²) in [7, 11) is -3.68. The monoisotopic (exact) mass is 355 g/mol. The number of hydrogen-bond acceptors (Lipinski definition) is 3. The van der Waals surface area contributed by atoms with Crippen LogP contribution in [0.15, 0.2) is 59.5 Å². The van der Waals surface area contributed by atoms with Gasteiger partial charge in [0, 0.05) is 10.7 Å². The molecule has 0 unspecified atom stereocenters. The second-order valence-electron chi connectivity index (χ2n) is 4.32. The largest absolute Gasteiger partial charge is 0.280 e. The molecule has 22 heavy (non-hydrogen) atoms. The van der Waals surface area contributed by atoms with Gasteiger partial charge < -0.3 is 0 Å². The van der Waals surface area contributed by atoms with Crippen molar-refractivity contribution in [1.82, 2.24) is 0 Å². The zero-order valence-electron chi connectivity index (χ0n) is 11.2. The Bertz CT molecular complexity index is 798. The van der Waals surface area contributed by atoms with Crippen LogP contribution in [0.2, 0.25) is 5.02 Å². The lowest BCUT2D eigenvalue weighted by molar-refractivity contribution is -0.107. The number of hydrogen-bond donors (Lipinski definition) is 1. The maximum atomic E-state index is 12.2. The van der Waals surface area contributed by atoms with Crippen molar-refractivity contribution < 1.29 is 13.2 Å². The average Bonchev–Trinajstić information content (AvgIpc) is 2.48. The highest BCUT2D eigenvalue weighted by Gasteiger charge is 2.13. The van der Waals surface area contributed by atoms with Crippen LogP contribution in [0, 0.1) is 0 Å². The van der Waals surface area contributed by atoms with Crippen LogP contribution in [0.1, 0.15) is 5.56 Å². The van der Waals surface area contributed by atoms with Crippen LogP contribution in [0.5, 0.6) is 0 Å². The summed E-state index contributed by atoms with van der Waals surface area (Å²) in [6.45, 7) is 0. The molecule has 0 saturated carbocycles. The molecule has 0 atom stereocenters. The van der Waals surface area contributed by atoms with Gasteiger partial charge >= 0.3 is 0 Å². The summed E-state index contributed by atoms with van der Waals surface area (Å²) in [5, 5.41) is -0.0750. The summed E-state index contributed by atoms with van der Waals surface area (Å²) in [5.41, 5.74) is 1.08. The minimum absolute atomic E-state index is 0.108. The highest BCUT2D eigenvalue weighted by molar-refractivity contribution is 7.92. The van der Waals surface area contributed by atoms with Gasteiger partial charge in [0.05, 0.1) is 4.90 Å². The van der Waals surface area contributed by atoms with Crippen LogP contribution in [-0.2, 0) is 14.8 Å². The Labute approximate surface area is 138 Å². The molecular formula is C15H11Cl2NO3S. The molecule has 0 saturated heterocycles. The highest BCUT2D eigenvalue weighted by atomic mass is 35.5. The van der Waals surface area contributed by atoms with Gasteiger partial charge in [-0.05, 0) is 59.6 Å². The van der Waals surface area contributed by atoms with Crippen LogP contribution in [0.25, 0.3) is 6.08 Å². The predicted molar refractivity (Wildman–Crippen MR) is 88.6 cm³/mol. The van der Waals surface area contributed by atoms with E-state index in [1.54, 1.807) is 36.4 Å². The third-order valence-corrected chi connectivity index (χ3v) is 4.47. The van der Waals surface area contributed by atoms with E-state index in [4.69, 9.17) is 23.2 Å². The number of benzene rings is 2. The number of carbonyl (C=O) groups excluding carboxylic acids is 1. The van der Waals surface area contributed by atoms with Gasteiger partial charge in [-0.1, -0.05) is 29.8 Å². The molecule has 2 aromatic rings. The first-order valence-electron chi connectivity index (χ1n) is 6.13. The third kappa shape index (κ3) is 4.59. The molecule has 2 aromatic carbocycles. The van der Waals surface area contributed by atoms with Crippen molar-refractivity contribution in [3.63, 3.8) is 0 Å². The molecule has 2 rings (SSSR count). The smallest absolute Gasteiger partial charge is 0.261 e. The predicted octanol–water partition coefficient (Wildman–Crippen LogP) is 3.92. The molecule has 0 spiro atoms. The lowest BCUT2D eigenvalue weighted by Gasteiger charge is -2.08. The van der Waals surface area contributed by atoms with Crippen LogP contribution < -0.4 is 4.72 Å². The molecule has 0 fully saturated rings. The van der Waals surface area contributed by atoms with E-state index in [1.165, 1.54) is 24.3 Å². The molecule has 0 aliphatic rings. The van der Waals surface area contributed by atoms with E-state index in [-0.39, 0.29) is 4.90 Å². The summed E-state index contributed by atoms with van der Waals surface area (Å²) < 4.78 is 26.9. The van der Waals surface area contributed by atoms with Gasteiger partial charge in [0.25, 0.3) is 10.0 Å². The Morgan fingerprint density at radius 1 is 1.00 bits per heavy atom. The first-order chi connectivity index (χ1) is 10.4. The zero-order valence-corrected chi connectivity index (χ0v) is 13.5. The number of rotatable bonds is 5. The van der Waals surface area contributed by atoms with Crippen molar-refractivity contribution in [3.8, 4) is 0 Å². The van der Waals surface area contributed by atoms with Crippen molar-refractivity contribution in [3.05, 3.63) is 65.2 Å². The first-order valence-corrected chi connectivity index (χ1v) is 8.37. The second-order valence-corrected chi connectivity index (χ2v) is 6.81. The van der Waals surface area contributed by atoms with Gasteiger partial charge in [-0.3, -0.25) is 9.52 Å². The Balaban J connectivity index is 2.19. The van der Waals surface area contributed by atoms with Crippen LogP contribution in [0.4, 0.5) is 5.69 Å². The quantitative estimate of drug-likeness (QED) is 0.652. The van der Waals surface area contributed by atoms with Gasteiger partial charge in [-0.25, -0.2) is 8.42 Å². The van der Waals surface area contributed by atoms with Crippen molar-refractivity contribution in [2.45, 2.75) is 4.90 Å². The van der Waals surface area contributed by atoms with E-state index in [0.29, 0.717) is 16.3 Å². The fourth-order valence-electron chi connectivity index (χ4n) is 1.65. The van der Waals surface area contributed by atoms with Crippen molar-refractivity contribution in [2.75, 3.05) is 4.72 Å². The molecule has 0 aliphatic carbocycles. The maximum absolute atomic E-state index is 12.2. The molecule has 114 valence electrons. The number of allylic oxidation sites excluding steroid dienone is 1. The van der Waals surface area contributed by atoms with Crippen LogP contribution in [0.3, 0.4) is 0 Å². The SMILES string of the molecule is O=C(Cl)C=Cc1ccc(S(=O)(=O)Nc2ccc(Cl)cc2)cc1. The number of carbonyl (C=O) groups is 1. The Morgan fingerprint density at radius 3 is 2.14 bits per heavy atom. The fraction of sp³-hybridized carbons (Fsp3) is 0. The number of sulfonamides is 1. The molecule has 1 N–H and O–H groups in total. The van der Waals surface area contributed by atoms with Crippen molar-refractivity contribution >= 4 is 50.2 Å². The average molecular weight is 356 g/mol. The van der Waals surface area contributed by atoms with Crippen molar-refractivity contribution in [2.24, 2.45) is 0 Å². The van der Waals surface area contributed by atoms with Crippen LogP contribution >= 0.6 is 23.2 Å². The summed E-state index contributed by atoms with van der Waals surface area (Å²) >= 11 is 10.9. The van der Waals surface area contributed by atoms with E-state index < -0.39 is 15.3 Å². The van der Waals surface area contributed by atoms with Gasteiger partial charge in [-0.15, -0.1) is 0 Å². The van der Waals surface area contributed by atoms with Gasteiger partial charge in [-0.2, -0.15) is 0 Å². The summed E-state index contributed by atoms with van der Waals surface area (Å²) in [4.78, 5) is 10.7. The molecule has 0 aromatic heterocycles. The summed E-state index contributed by atoms with van der Waals surface area (Å²) in [6, 6.07) is 12.4. The normalized spacial score (nSPS) is 11.5. The van der Waals surface area contributed by atoms with Crippen LogP contribution in [-0.4, -0.2) is 13.7 Å². The summed E-state index contributed by atoms with van der Waals surface area (Å²) in [6.07, 6.45) is 2.69. The molecule has 0 radical (unpaired) electrons. The number of nitrogens with one attached hydrogen (secondary N) is 1. The molecular weight excluding hydrogens is 345 g/mol. The lowest BCUT2D eigenvalue weighted by atomic mass is 10.2. The molecule has 7 heteroatoms. The second kappa shape index (κ2) is 6.96. The number of halogens is 2. The minimum atomic E-state index is -3.68.